The SMILES string of the molecule is Cc1noc(CCC(=O)NCCCO)n1. The summed E-state index contributed by atoms with van der Waals surface area (Å²) in [4.78, 5) is 15.2. The van der Waals surface area contributed by atoms with Gasteiger partial charge in [-0.15, -0.1) is 0 Å². The summed E-state index contributed by atoms with van der Waals surface area (Å²) in [6, 6.07) is 0. The van der Waals surface area contributed by atoms with Crippen LogP contribution >= 0.6 is 0 Å². The summed E-state index contributed by atoms with van der Waals surface area (Å²) in [7, 11) is 0. The Balaban J connectivity index is 2.16. The van der Waals surface area contributed by atoms with Crippen molar-refractivity contribution in [1.82, 2.24) is 15.5 Å². The van der Waals surface area contributed by atoms with Crippen LogP contribution in [-0.4, -0.2) is 34.3 Å². The maximum atomic E-state index is 11.2. The van der Waals surface area contributed by atoms with E-state index in [1.165, 1.54) is 0 Å². The fraction of sp³-hybridized carbons (Fsp3) is 0.667. The average Bonchev–Trinajstić information content (AvgIpc) is 2.62. The first kappa shape index (κ1) is 11.6. The van der Waals surface area contributed by atoms with Gasteiger partial charge in [0.1, 0.15) is 0 Å². The minimum atomic E-state index is -0.0701. The molecule has 0 aromatic carbocycles. The molecule has 0 aliphatic rings. The fourth-order valence-corrected chi connectivity index (χ4v) is 1.06. The molecule has 0 atom stereocenters. The Labute approximate surface area is 87.7 Å². The molecule has 1 amide bonds. The van der Waals surface area contributed by atoms with Crippen molar-refractivity contribution >= 4 is 5.91 Å². The number of aliphatic hydroxyl groups excluding tert-OH is 1. The largest absolute Gasteiger partial charge is 0.396 e. The number of carbonyl (C=O) groups excluding carboxylic acids is 1. The Kier molecular flexibility index (Phi) is 4.76. The average molecular weight is 213 g/mol. The maximum absolute atomic E-state index is 11.2. The van der Waals surface area contributed by atoms with Gasteiger partial charge in [-0.05, 0) is 13.3 Å². The quantitative estimate of drug-likeness (QED) is 0.639. The van der Waals surface area contributed by atoms with Gasteiger partial charge in [-0.2, -0.15) is 4.98 Å². The number of hydrogen-bond donors (Lipinski definition) is 2. The third kappa shape index (κ3) is 4.55. The Morgan fingerprint density at radius 3 is 3.00 bits per heavy atom. The van der Waals surface area contributed by atoms with E-state index in [4.69, 9.17) is 9.63 Å². The fourth-order valence-electron chi connectivity index (χ4n) is 1.06. The molecule has 0 unspecified atom stereocenters. The number of aryl methyl sites for hydroxylation is 2. The maximum Gasteiger partial charge on any atom is 0.227 e. The van der Waals surface area contributed by atoms with E-state index >= 15 is 0 Å². The first-order chi connectivity index (χ1) is 7.22. The minimum absolute atomic E-state index is 0.0701. The number of nitrogens with zero attached hydrogens (tertiary/aromatic N) is 2. The number of nitrogens with one attached hydrogen (secondary N) is 1. The molecule has 1 heterocycles. The Morgan fingerprint density at radius 1 is 1.60 bits per heavy atom. The summed E-state index contributed by atoms with van der Waals surface area (Å²) < 4.78 is 4.86. The van der Waals surface area contributed by atoms with Crippen molar-refractivity contribution in [3.8, 4) is 0 Å². The lowest BCUT2D eigenvalue weighted by Crippen LogP contribution is -2.25. The second kappa shape index (κ2) is 6.13. The molecule has 0 radical (unpaired) electrons. The van der Waals surface area contributed by atoms with Crippen LogP contribution in [0.4, 0.5) is 0 Å². The summed E-state index contributed by atoms with van der Waals surface area (Å²) >= 11 is 0. The van der Waals surface area contributed by atoms with Gasteiger partial charge < -0.3 is 14.9 Å². The standard InChI is InChI=1S/C9H15N3O3/c1-7-11-9(15-12-7)4-3-8(14)10-5-2-6-13/h13H,2-6H2,1H3,(H,10,14). The lowest BCUT2D eigenvalue weighted by molar-refractivity contribution is -0.121. The molecular formula is C9H15N3O3. The minimum Gasteiger partial charge on any atom is -0.396 e. The van der Waals surface area contributed by atoms with E-state index in [1.807, 2.05) is 0 Å². The highest BCUT2D eigenvalue weighted by atomic mass is 16.5. The highest BCUT2D eigenvalue weighted by Crippen LogP contribution is 1.99. The van der Waals surface area contributed by atoms with Crippen LogP contribution in [0.2, 0.25) is 0 Å². The van der Waals surface area contributed by atoms with Crippen LogP contribution in [0.3, 0.4) is 0 Å². The molecule has 6 heteroatoms. The number of amides is 1. The summed E-state index contributed by atoms with van der Waals surface area (Å²) in [5, 5.41) is 14.8. The van der Waals surface area contributed by atoms with Crippen LogP contribution < -0.4 is 5.32 Å². The number of aromatic nitrogens is 2. The Bertz CT molecular complexity index is 311. The zero-order chi connectivity index (χ0) is 11.1. The molecule has 1 aromatic heterocycles. The summed E-state index contributed by atoms with van der Waals surface area (Å²) in [6.07, 6.45) is 1.35. The highest BCUT2D eigenvalue weighted by molar-refractivity contribution is 5.75. The normalized spacial score (nSPS) is 10.3. The number of rotatable bonds is 6. The van der Waals surface area contributed by atoms with Gasteiger partial charge in [0.05, 0.1) is 0 Å². The first-order valence-electron chi connectivity index (χ1n) is 4.89. The number of hydrogen-bond acceptors (Lipinski definition) is 5. The zero-order valence-corrected chi connectivity index (χ0v) is 8.69. The van der Waals surface area contributed by atoms with E-state index in [0.717, 1.165) is 0 Å². The monoisotopic (exact) mass is 213 g/mol. The van der Waals surface area contributed by atoms with Crippen molar-refractivity contribution in [3.63, 3.8) is 0 Å². The summed E-state index contributed by atoms with van der Waals surface area (Å²) in [5.41, 5.74) is 0. The predicted octanol–water partition coefficient (Wildman–Crippen LogP) is -0.191. The molecule has 0 aliphatic heterocycles. The van der Waals surface area contributed by atoms with Gasteiger partial charge in [0, 0.05) is 26.0 Å². The van der Waals surface area contributed by atoms with E-state index in [0.29, 0.717) is 37.5 Å². The van der Waals surface area contributed by atoms with Gasteiger partial charge in [-0.25, -0.2) is 0 Å². The van der Waals surface area contributed by atoms with Gasteiger partial charge in [0.15, 0.2) is 5.82 Å². The van der Waals surface area contributed by atoms with Crippen LogP contribution in [0.5, 0.6) is 0 Å². The molecule has 0 saturated carbocycles. The second-order valence-electron chi connectivity index (χ2n) is 3.16. The first-order valence-corrected chi connectivity index (χ1v) is 4.89. The topological polar surface area (TPSA) is 88.2 Å². The van der Waals surface area contributed by atoms with E-state index in [9.17, 15) is 4.79 Å². The van der Waals surface area contributed by atoms with Crippen LogP contribution in [0.1, 0.15) is 24.6 Å². The summed E-state index contributed by atoms with van der Waals surface area (Å²) in [6.45, 7) is 2.32. The van der Waals surface area contributed by atoms with Crippen molar-refractivity contribution in [2.45, 2.75) is 26.2 Å². The van der Waals surface area contributed by atoms with Crippen molar-refractivity contribution < 1.29 is 14.4 Å². The van der Waals surface area contributed by atoms with Gasteiger partial charge >= 0.3 is 0 Å². The molecular weight excluding hydrogens is 198 g/mol. The lowest BCUT2D eigenvalue weighted by atomic mass is 10.3. The van der Waals surface area contributed by atoms with Crippen LogP contribution in [-0.2, 0) is 11.2 Å². The molecule has 1 rings (SSSR count). The zero-order valence-electron chi connectivity index (χ0n) is 8.69. The number of aliphatic hydroxyl groups is 1. The summed E-state index contributed by atoms with van der Waals surface area (Å²) in [5.74, 6) is 0.981. The van der Waals surface area contributed by atoms with Gasteiger partial charge in [0.2, 0.25) is 11.8 Å². The third-order valence-electron chi connectivity index (χ3n) is 1.79. The molecule has 2 N–H and O–H groups in total. The van der Waals surface area contributed by atoms with Gasteiger partial charge in [-0.3, -0.25) is 4.79 Å². The van der Waals surface area contributed by atoms with Crippen LogP contribution in [0.15, 0.2) is 4.52 Å². The lowest BCUT2D eigenvalue weighted by Gasteiger charge is -2.01. The van der Waals surface area contributed by atoms with Crippen molar-refractivity contribution in [1.29, 1.82) is 0 Å². The van der Waals surface area contributed by atoms with E-state index in [2.05, 4.69) is 15.5 Å². The molecule has 0 fully saturated rings. The molecule has 0 aliphatic carbocycles. The van der Waals surface area contributed by atoms with Crippen molar-refractivity contribution in [2.75, 3.05) is 13.2 Å². The van der Waals surface area contributed by atoms with Crippen molar-refractivity contribution in [3.05, 3.63) is 11.7 Å². The molecule has 15 heavy (non-hydrogen) atoms. The molecule has 1 aromatic rings. The molecule has 0 spiro atoms. The smallest absolute Gasteiger partial charge is 0.227 e. The second-order valence-corrected chi connectivity index (χ2v) is 3.16. The van der Waals surface area contributed by atoms with E-state index in [1.54, 1.807) is 6.92 Å². The molecule has 0 saturated heterocycles. The van der Waals surface area contributed by atoms with Gasteiger partial charge in [-0.1, -0.05) is 5.16 Å². The van der Waals surface area contributed by atoms with Gasteiger partial charge in [0.25, 0.3) is 0 Å². The van der Waals surface area contributed by atoms with E-state index < -0.39 is 0 Å². The third-order valence-corrected chi connectivity index (χ3v) is 1.79. The van der Waals surface area contributed by atoms with Crippen molar-refractivity contribution in [2.24, 2.45) is 0 Å². The molecule has 6 nitrogen and oxygen atoms in total. The highest BCUT2D eigenvalue weighted by Gasteiger charge is 2.06. The molecule has 84 valence electrons. The number of carbonyl (C=O) groups is 1. The Morgan fingerprint density at radius 2 is 2.40 bits per heavy atom. The van der Waals surface area contributed by atoms with Crippen LogP contribution in [0.25, 0.3) is 0 Å². The molecule has 0 bridgehead atoms. The van der Waals surface area contributed by atoms with E-state index in [-0.39, 0.29) is 12.5 Å². The van der Waals surface area contributed by atoms with Crippen LogP contribution in [0, 0.1) is 6.92 Å². The Hall–Kier alpha value is -1.43. The predicted molar refractivity (Wildman–Crippen MR) is 52.1 cm³/mol.